The maximum absolute atomic E-state index is 13.0. The molecule has 4 saturated carbocycles. The van der Waals surface area contributed by atoms with Gasteiger partial charge in [-0.05, 0) is 109 Å². The molecule has 56 heavy (non-hydrogen) atoms. The van der Waals surface area contributed by atoms with Crippen LogP contribution in [0.15, 0.2) is 11.6 Å². The fourth-order valence-electron chi connectivity index (χ4n) is 13.4. The average Bonchev–Trinajstić information content (AvgIpc) is 3.09. The maximum atomic E-state index is 13.0. The van der Waals surface area contributed by atoms with Crippen LogP contribution < -0.4 is 0 Å². The van der Waals surface area contributed by atoms with Gasteiger partial charge < -0.3 is 54.3 Å². The number of aliphatic hydroxyl groups excluding tert-OH is 1. The highest BCUT2D eigenvalue weighted by Gasteiger charge is 2.70. The Labute approximate surface area is 327 Å². The van der Waals surface area contributed by atoms with E-state index < -0.39 is 90.2 Å². The van der Waals surface area contributed by atoms with Crippen molar-refractivity contribution in [3.8, 4) is 0 Å². The fourth-order valence-corrected chi connectivity index (χ4v) is 13.4. The lowest BCUT2D eigenvalue weighted by atomic mass is 9.33. The summed E-state index contributed by atoms with van der Waals surface area (Å²) < 4.78 is 28.3. The number of aliphatic hydroxyl groups is 2. The number of allylic oxidation sites excluding steroid dienone is 2. The van der Waals surface area contributed by atoms with E-state index in [2.05, 4.69) is 54.5 Å². The number of carbonyl (C=O) groups is 4. The van der Waals surface area contributed by atoms with E-state index >= 15 is 0 Å². The van der Waals surface area contributed by atoms with Crippen molar-refractivity contribution in [3.05, 3.63) is 11.6 Å². The number of hydrogen-bond donors (Lipinski definition) is 6. The average molecular weight is 793 g/mol. The van der Waals surface area contributed by atoms with Gasteiger partial charge in [0.15, 0.2) is 12.4 Å². The van der Waals surface area contributed by atoms with Crippen molar-refractivity contribution < 1.29 is 73.5 Å². The highest BCUT2D eigenvalue weighted by atomic mass is 16.8. The third kappa shape index (κ3) is 5.91. The molecule has 2 unspecified atom stereocenters. The summed E-state index contributed by atoms with van der Waals surface area (Å²) in [5, 5.41) is 62.0. The SMILES string of the molecule is CC1(C)CC[C@]2(C(=O)O)CC[C@]3(C)C(=CCC4[C@@]5(C)CC[C@H](O[C@@H]6O[C@H](C(=O)O)[C@H]7O[C@@](O)(C(=O)O)[C@@H](OCC(=O)O)O[C@@H]7[C@H]6O)C(C)(C)C5CC[C@]43C)[C@@H]2C1. The summed E-state index contributed by atoms with van der Waals surface area (Å²) in [5.41, 5.74) is -0.115. The zero-order chi connectivity index (χ0) is 41.2. The molecule has 0 aromatic carbocycles. The number of fused-ring (bicyclic) bond motifs is 8. The van der Waals surface area contributed by atoms with Crippen LogP contribution in [0.3, 0.4) is 0 Å². The van der Waals surface area contributed by atoms with Gasteiger partial charge >= 0.3 is 29.7 Å². The molecule has 314 valence electrons. The van der Waals surface area contributed by atoms with Gasteiger partial charge in [0.2, 0.25) is 6.29 Å². The van der Waals surface area contributed by atoms with Gasteiger partial charge in [-0.15, -0.1) is 0 Å². The lowest BCUT2D eigenvalue weighted by Crippen LogP contribution is -2.72. The van der Waals surface area contributed by atoms with E-state index in [1.807, 2.05) is 0 Å². The molecule has 2 aliphatic heterocycles. The van der Waals surface area contributed by atoms with Gasteiger partial charge in [-0.3, -0.25) is 4.79 Å². The van der Waals surface area contributed by atoms with E-state index in [9.17, 15) is 44.7 Å². The van der Waals surface area contributed by atoms with Gasteiger partial charge in [0.05, 0.1) is 11.5 Å². The van der Waals surface area contributed by atoms with Crippen LogP contribution in [0.5, 0.6) is 0 Å². The molecular formula is C41H60O15. The summed E-state index contributed by atoms with van der Waals surface area (Å²) in [6.45, 7) is 15.0. The number of carboxylic acids is 4. The minimum absolute atomic E-state index is 0.0120. The van der Waals surface area contributed by atoms with Crippen LogP contribution in [-0.2, 0) is 42.9 Å². The van der Waals surface area contributed by atoms with Gasteiger partial charge in [0, 0.05) is 0 Å². The van der Waals surface area contributed by atoms with Gasteiger partial charge in [-0.2, -0.15) is 0 Å². The first-order valence-electron chi connectivity index (χ1n) is 20.2. The van der Waals surface area contributed by atoms with Crippen LogP contribution in [0.4, 0.5) is 0 Å². The molecule has 0 aromatic rings. The first-order chi connectivity index (χ1) is 25.9. The molecule has 6 fully saturated rings. The molecule has 0 radical (unpaired) electrons. The predicted octanol–water partition coefficient (Wildman–Crippen LogP) is 4.41. The molecule has 15 nitrogen and oxygen atoms in total. The summed E-state index contributed by atoms with van der Waals surface area (Å²) in [6.07, 6.45) is -0.914. The van der Waals surface area contributed by atoms with Crippen molar-refractivity contribution in [2.75, 3.05) is 6.61 Å². The molecule has 2 heterocycles. The van der Waals surface area contributed by atoms with E-state index in [4.69, 9.17) is 28.8 Å². The van der Waals surface area contributed by atoms with Crippen molar-refractivity contribution in [1.82, 2.24) is 0 Å². The molecule has 6 N–H and O–H groups in total. The number of carboxylic acid groups (broad SMARTS) is 4. The van der Waals surface area contributed by atoms with E-state index in [0.29, 0.717) is 25.2 Å². The third-order valence-electron chi connectivity index (χ3n) is 16.6. The Morgan fingerprint density at radius 3 is 2.12 bits per heavy atom. The van der Waals surface area contributed by atoms with Gasteiger partial charge in [0.1, 0.15) is 24.9 Å². The normalized spacial score (nSPS) is 49.1. The molecule has 2 saturated heterocycles. The summed E-state index contributed by atoms with van der Waals surface area (Å²) >= 11 is 0. The topological polar surface area (TPSA) is 236 Å². The fraction of sp³-hybridized carbons (Fsp3) is 0.854. The summed E-state index contributed by atoms with van der Waals surface area (Å²) in [7, 11) is 0. The zero-order valence-corrected chi connectivity index (χ0v) is 33.5. The van der Waals surface area contributed by atoms with Crippen molar-refractivity contribution in [1.29, 1.82) is 0 Å². The molecule has 15 atom stereocenters. The quantitative estimate of drug-likeness (QED) is 0.148. The number of ether oxygens (including phenoxy) is 5. The zero-order valence-electron chi connectivity index (χ0n) is 33.5. The van der Waals surface area contributed by atoms with Crippen LogP contribution in [-0.4, -0.2) is 110 Å². The van der Waals surface area contributed by atoms with Gasteiger partial charge in [-0.1, -0.05) is 60.1 Å². The molecule has 5 aliphatic carbocycles. The Morgan fingerprint density at radius 1 is 0.821 bits per heavy atom. The Kier molecular flexibility index (Phi) is 9.95. The van der Waals surface area contributed by atoms with E-state index in [1.54, 1.807) is 0 Å². The summed E-state index contributed by atoms with van der Waals surface area (Å²) in [5.74, 6) is -8.57. The second-order valence-corrected chi connectivity index (χ2v) is 20.1. The molecule has 7 rings (SSSR count). The Bertz CT molecular complexity index is 1670. The van der Waals surface area contributed by atoms with Crippen molar-refractivity contribution in [2.45, 2.75) is 162 Å². The van der Waals surface area contributed by atoms with Crippen LogP contribution in [0.25, 0.3) is 0 Å². The second-order valence-electron chi connectivity index (χ2n) is 20.1. The summed E-state index contributed by atoms with van der Waals surface area (Å²) in [4.78, 5) is 48.8. The van der Waals surface area contributed by atoms with Crippen molar-refractivity contribution in [3.63, 3.8) is 0 Å². The Morgan fingerprint density at radius 2 is 1.50 bits per heavy atom. The van der Waals surface area contributed by atoms with E-state index in [0.717, 1.165) is 44.9 Å². The van der Waals surface area contributed by atoms with Crippen LogP contribution >= 0.6 is 0 Å². The number of aliphatic carboxylic acids is 4. The highest BCUT2D eigenvalue weighted by molar-refractivity contribution is 5.78. The van der Waals surface area contributed by atoms with Crippen molar-refractivity contribution >= 4 is 23.9 Å². The van der Waals surface area contributed by atoms with Crippen LogP contribution in [0.2, 0.25) is 0 Å². The van der Waals surface area contributed by atoms with Gasteiger partial charge in [-0.25, -0.2) is 14.4 Å². The first kappa shape index (κ1) is 41.5. The molecular weight excluding hydrogens is 732 g/mol. The standard InChI is InChI=1S/C41H60O15/c1-35(2)14-16-40(32(47)48)17-15-38(6)20(21(40)18-35)8-9-23-37(5)12-11-24(36(3,4)22(37)10-13-39(23,38)7)53-31-26(44)27-28(29(54-31)30(45)46)56-41(51,33(49)50)34(55-27)52-19-25(42)43/h8,21-24,26-29,31,34,44,51H,9-19H2,1-7H3,(H,42,43)(H,45,46)(H,47,48)(H,49,50)/t21-,22?,23?,24-,26+,27+,28-,29-,31+,34-,37-,38+,39+,40-,41-/m0/s1. The molecule has 0 amide bonds. The first-order valence-corrected chi connectivity index (χ1v) is 20.2. The lowest BCUT2D eigenvalue weighted by molar-refractivity contribution is -0.435. The number of hydrogen-bond acceptors (Lipinski definition) is 11. The van der Waals surface area contributed by atoms with Crippen LogP contribution in [0.1, 0.15) is 113 Å². The second kappa shape index (κ2) is 13.4. The van der Waals surface area contributed by atoms with Crippen molar-refractivity contribution in [2.24, 2.45) is 50.2 Å². The van der Waals surface area contributed by atoms with E-state index in [1.165, 1.54) is 5.57 Å². The number of rotatable bonds is 8. The molecule has 15 heteroatoms. The van der Waals surface area contributed by atoms with Gasteiger partial charge in [0.25, 0.3) is 0 Å². The smallest absolute Gasteiger partial charge is 0.369 e. The monoisotopic (exact) mass is 792 g/mol. The molecule has 0 aromatic heterocycles. The highest BCUT2D eigenvalue weighted by Crippen LogP contribution is 2.76. The molecule has 7 aliphatic rings. The van der Waals surface area contributed by atoms with Crippen LogP contribution in [0, 0.1) is 50.2 Å². The predicted molar refractivity (Wildman–Crippen MR) is 194 cm³/mol. The lowest BCUT2D eigenvalue weighted by Gasteiger charge is -2.71. The maximum Gasteiger partial charge on any atom is 0.369 e. The summed E-state index contributed by atoms with van der Waals surface area (Å²) in [6, 6.07) is 0. The largest absolute Gasteiger partial charge is 0.481 e. The minimum atomic E-state index is -3.30. The molecule has 0 bridgehead atoms. The Hall–Kier alpha value is -2.66. The minimum Gasteiger partial charge on any atom is -0.481 e. The molecule has 0 spiro atoms. The van der Waals surface area contributed by atoms with E-state index in [-0.39, 0.29) is 33.5 Å². The third-order valence-corrected chi connectivity index (χ3v) is 16.6. The Balaban J connectivity index is 1.14.